The van der Waals surface area contributed by atoms with E-state index in [1.165, 1.54) is 6.07 Å². The zero-order chi connectivity index (χ0) is 15.6. The van der Waals surface area contributed by atoms with Gasteiger partial charge < -0.3 is 4.57 Å². The molecule has 0 saturated heterocycles. The quantitative estimate of drug-likeness (QED) is 0.580. The average Bonchev–Trinajstić information content (AvgIpc) is 2.96. The lowest BCUT2D eigenvalue weighted by atomic mass is 10.2. The standard InChI is InChI=1S/C18H13FN4/c19-14-7-2-1-6-13(14)12-23-17-16(9-5-11-21-17)22-18(23)15-8-3-4-10-20-15/h1-11H,12H2. The van der Waals surface area contributed by atoms with E-state index in [1.807, 2.05) is 41.0 Å². The zero-order valence-corrected chi connectivity index (χ0v) is 12.2. The average molecular weight is 304 g/mol. The number of hydrogen-bond donors (Lipinski definition) is 0. The second-order valence-electron chi connectivity index (χ2n) is 5.17. The fraction of sp³-hybridized carbons (Fsp3) is 0.0556. The highest BCUT2D eigenvalue weighted by Crippen LogP contribution is 2.23. The molecule has 3 heterocycles. The van der Waals surface area contributed by atoms with Gasteiger partial charge in [0.1, 0.15) is 17.0 Å². The Kier molecular flexibility index (Phi) is 3.31. The lowest BCUT2D eigenvalue weighted by Crippen LogP contribution is -2.05. The van der Waals surface area contributed by atoms with Crippen molar-refractivity contribution >= 4 is 11.2 Å². The minimum Gasteiger partial charge on any atom is -0.303 e. The van der Waals surface area contributed by atoms with Crippen molar-refractivity contribution in [2.75, 3.05) is 0 Å². The van der Waals surface area contributed by atoms with Crippen LogP contribution >= 0.6 is 0 Å². The van der Waals surface area contributed by atoms with Crippen LogP contribution in [0.25, 0.3) is 22.7 Å². The Bertz CT molecular complexity index is 963. The molecule has 5 heteroatoms. The zero-order valence-electron chi connectivity index (χ0n) is 12.2. The van der Waals surface area contributed by atoms with Crippen LogP contribution in [-0.2, 0) is 6.54 Å². The van der Waals surface area contributed by atoms with Crippen LogP contribution in [0.4, 0.5) is 4.39 Å². The van der Waals surface area contributed by atoms with Gasteiger partial charge in [0.25, 0.3) is 0 Å². The number of halogens is 1. The molecule has 0 unspecified atom stereocenters. The Labute approximate surface area is 132 Å². The molecule has 0 aliphatic carbocycles. The maximum absolute atomic E-state index is 14.0. The molecule has 1 aromatic carbocycles. The largest absolute Gasteiger partial charge is 0.303 e. The van der Waals surface area contributed by atoms with Crippen molar-refractivity contribution in [2.24, 2.45) is 0 Å². The van der Waals surface area contributed by atoms with Crippen LogP contribution in [0.3, 0.4) is 0 Å². The molecule has 0 N–H and O–H groups in total. The summed E-state index contributed by atoms with van der Waals surface area (Å²) in [7, 11) is 0. The predicted octanol–water partition coefficient (Wildman–Crippen LogP) is 3.68. The topological polar surface area (TPSA) is 43.6 Å². The highest BCUT2D eigenvalue weighted by molar-refractivity contribution is 5.76. The Balaban J connectivity index is 1.92. The van der Waals surface area contributed by atoms with Crippen LogP contribution in [0.5, 0.6) is 0 Å². The Morgan fingerprint density at radius 3 is 2.52 bits per heavy atom. The number of rotatable bonds is 3. The van der Waals surface area contributed by atoms with Crippen molar-refractivity contribution < 1.29 is 4.39 Å². The molecule has 4 aromatic rings. The number of benzene rings is 1. The summed E-state index contributed by atoms with van der Waals surface area (Å²) in [5.74, 6) is 0.444. The molecule has 0 bridgehead atoms. The number of hydrogen-bond acceptors (Lipinski definition) is 3. The van der Waals surface area contributed by atoms with Gasteiger partial charge in [-0.15, -0.1) is 0 Å². The smallest absolute Gasteiger partial charge is 0.161 e. The number of nitrogens with zero attached hydrogens (tertiary/aromatic N) is 4. The molecule has 0 aliphatic rings. The first-order valence-electron chi connectivity index (χ1n) is 7.29. The number of pyridine rings is 2. The van der Waals surface area contributed by atoms with E-state index >= 15 is 0 Å². The highest BCUT2D eigenvalue weighted by atomic mass is 19.1. The van der Waals surface area contributed by atoms with Crippen molar-refractivity contribution in [1.82, 2.24) is 19.5 Å². The minimum absolute atomic E-state index is 0.239. The third-order valence-electron chi connectivity index (χ3n) is 3.68. The maximum Gasteiger partial charge on any atom is 0.161 e. The molecule has 0 spiro atoms. The summed E-state index contributed by atoms with van der Waals surface area (Å²) in [5.41, 5.74) is 2.82. The monoisotopic (exact) mass is 304 g/mol. The highest BCUT2D eigenvalue weighted by Gasteiger charge is 2.15. The summed E-state index contributed by atoms with van der Waals surface area (Å²) in [6.07, 6.45) is 3.43. The van der Waals surface area contributed by atoms with Crippen molar-refractivity contribution in [3.05, 3.63) is 78.4 Å². The third-order valence-corrected chi connectivity index (χ3v) is 3.68. The summed E-state index contributed by atoms with van der Waals surface area (Å²) in [5, 5.41) is 0. The molecule has 0 atom stereocenters. The first-order valence-corrected chi connectivity index (χ1v) is 7.29. The lowest BCUT2D eigenvalue weighted by Gasteiger charge is -2.09. The maximum atomic E-state index is 14.0. The van der Waals surface area contributed by atoms with Crippen LogP contribution in [-0.4, -0.2) is 19.5 Å². The van der Waals surface area contributed by atoms with E-state index in [0.717, 1.165) is 16.9 Å². The van der Waals surface area contributed by atoms with Crippen molar-refractivity contribution in [3.63, 3.8) is 0 Å². The molecule has 112 valence electrons. The summed E-state index contributed by atoms with van der Waals surface area (Å²) >= 11 is 0. The summed E-state index contributed by atoms with van der Waals surface area (Å²) in [6.45, 7) is 0.353. The Hall–Kier alpha value is -3.08. The van der Waals surface area contributed by atoms with E-state index in [-0.39, 0.29) is 5.82 Å². The van der Waals surface area contributed by atoms with Gasteiger partial charge in [-0.2, -0.15) is 0 Å². The lowest BCUT2D eigenvalue weighted by molar-refractivity contribution is 0.601. The van der Waals surface area contributed by atoms with Gasteiger partial charge in [-0.05, 0) is 30.3 Å². The van der Waals surface area contributed by atoms with Gasteiger partial charge in [0, 0.05) is 18.0 Å². The number of imidazole rings is 1. The van der Waals surface area contributed by atoms with Crippen LogP contribution < -0.4 is 0 Å². The molecule has 23 heavy (non-hydrogen) atoms. The predicted molar refractivity (Wildman–Crippen MR) is 86.3 cm³/mol. The van der Waals surface area contributed by atoms with E-state index in [9.17, 15) is 4.39 Å². The molecule has 0 amide bonds. The minimum atomic E-state index is -0.239. The van der Waals surface area contributed by atoms with Gasteiger partial charge in [0.05, 0.1) is 6.54 Å². The molecule has 0 fully saturated rings. The van der Waals surface area contributed by atoms with Gasteiger partial charge >= 0.3 is 0 Å². The molecule has 0 radical (unpaired) electrons. The molecule has 4 rings (SSSR count). The van der Waals surface area contributed by atoms with Crippen LogP contribution in [0.1, 0.15) is 5.56 Å². The van der Waals surface area contributed by atoms with Gasteiger partial charge in [0.15, 0.2) is 11.5 Å². The van der Waals surface area contributed by atoms with Gasteiger partial charge in [0.2, 0.25) is 0 Å². The van der Waals surface area contributed by atoms with Gasteiger partial charge in [-0.3, -0.25) is 4.98 Å². The molecule has 0 aliphatic heterocycles. The summed E-state index contributed by atoms with van der Waals surface area (Å²) < 4.78 is 15.9. The summed E-state index contributed by atoms with van der Waals surface area (Å²) in [6, 6.07) is 16.1. The van der Waals surface area contributed by atoms with E-state index in [0.29, 0.717) is 17.9 Å². The van der Waals surface area contributed by atoms with E-state index in [1.54, 1.807) is 24.5 Å². The first kappa shape index (κ1) is 13.6. The van der Waals surface area contributed by atoms with Crippen molar-refractivity contribution in [2.45, 2.75) is 6.54 Å². The number of fused-ring (bicyclic) bond motifs is 1. The normalized spacial score (nSPS) is 11.0. The van der Waals surface area contributed by atoms with Crippen molar-refractivity contribution in [3.8, 4) is 11.5 Å². The van der Waals surface area contributed by atoms with Crippen LogP contribution in [0.2, 0.25) is 0 Å². The first-order chi connectivity index (χ1) is 11.3. The molecular weight excluding hydrogens is 291 g/mol. The molecular formula is C18H13FN4. The Morgan fingerprint density at radius 1 is 0.870 bits per heavy atom. The number of aromatic nitrogens is 4. The van der Waals surface area contributed by atoms with Gasteiger partial charge in [-0.1, -0.05) is 24.3 Å². The van der Waals surface area contributed by atoms with E-state index in [4.69, 9.17) is 0 Å². The Morgan fingerprint density at radius 2 is 1.70 bits per heavy atom. The van der Waals surface area contributed by atoms with E-state index < -0.39 is 0 Å². The van der Waals surface area contributed by atoms with E-state index in [2.05, 4.69) is 15.0 Å². The van der Waals surface area contributed by atoms with Crippen LogP contribution in [0, 0.1) is 5.82 Å². The molecule has 0 saturated carbocycles. The van der Waals surface area contributed by atoms with Crippen molar-refractivity contribution in [1.29, 1.82) is 0 Å². The second kappa shape index (κ2) is 5.61. The molecule has 3 aromatic heterocycles. The third kappa shape index (κ3) is 2.46. The van der Waals surface area contributed by atoms with Crippen LogP contribution in [0.15, 0.2) is 67.0 Å². The second-order valence-corrected chi connectivity index (χ2v) is 5.17. The fourth-order valence-corrected chi connectivity index (χ4v) is 2.60. The molecule has 4 nitrogen and oxygen atoms in total. The summed E-state index contributed by atoms with van der Waals surface area (Å²) in [4.78, 5) is 13.4. The SMILES string of the molecule is Fc1ccccc1Cn1c(-c2ccccn2)nc2cccnc21. The fourth-order valence-electron chi connectivity index (χ4n) is 2.60. The van der Waals surface area contributed by atoms with Gasteiger partial charge in [-0.25, -0.2) is 14.4 Å².